The van der Waals surface area contributed by atoms with Gasteiger partial charge in [0.15, 0.2) is 0 Å². The van der Waals surface area contributed by atoms with E-state index in [0.717, 1.165) is 5.56 Å². The zero-order valence-electron chi connectivity index (χ0n) is 13.4. The third-order valence-corrected chi connectivity index (χ3v) is 4.38. The summed E-state index contributed by atoms with van der Waals surface area (Å²) in [6, 6.07) is 5.37. The highest BCUT2D eigenvalue weighted by Gasteiger charge is 2.42. The Balaban J connectivity index is 1.94. The van der Waals surface area contributed by atoms with Gasteiger partial charge in [-0.05, 0) is 32.6 Å². The van der Waals surface area contributed by atoms with Gasteiger partial charge in [-0.2, -0.15) is 8.78 Å². The first-order valence-corrected chi connectivity index (χ1v) is 7.82. The van der Waals surface area contributed by atoms with Gasteiger partial charge in [-0.1, -0.05) is 29.8 Å². The maximum atomic E-state index is 14.2. The number of benzene rings is 1. The van der Waals surface area contributed by atoms with E-state index in [1.807, 2.05) is 0 Å². The number of nitrogens with one attached hydrogen (secondary N) is 2. The maximum Gasteiger partial charge on any atom is 0.349 e. The molecule has 0 spiro atoms. The molecule has 0 atom stereocenters. The number of amides is 2. The van der Waals surface area contributed by atoms with Gasteiger partial charge in [0.1, 0.15) is 0 Å². The minimum atomic E-state index is -3.55. The van der Waals surface area contributed by atoms with Crippen LogP contribution < -0.4 is 10.6 Å². The predicted molar refractivity (Wildman–Crippen MR) is 83.0 cm³/mol. The molecule has 1 aromatic rings. The van der Waals surface area contributed by atoms with Crippen LogP contribution >= 0.6 is 0 Å². The highest BCUT2D eigenvalue weighted by molar-refractivity contribution is 5.85. The first-order valence-electron chi connectivity index (χ1n) is 7.82. The van der Waals surface area contributed by atoms with Crippen molar-refractivity contribution in [2.45, 2.75) is 44.6 Å². The molecule has 1 aromatic carbocycles. The normalized spacial score (nSPS) is 21.6. The van der Waals surface area contributed by atoms with Crippen molar-refractivity contribution >= 4 is 11.8 Å². The number of hydrogen-bond donors (Lipinski definition) is 2. The second-order valence-electron chi connectivity index (χ2n) is 6.08. The van der Waals surface area contributed by atoms with Crippen molar-refractivity contribution in [2.75, 3.05) is 7.05 Å². The van der Waals surface area contributed by atoms with E-state index in [1.165, 1.54) is 12.1 Å². The van der Waals surface area contributed by atoms with Crippen LogP contribution in [0.25, 0.3) is 0 Å². The van der Waals surface area contributed by atoms with Crippen molar-refractivity contribution in [1.29, 1.82) is 0 Å². The molecule has 2 amide bonds. The number of aryl methyl sites for hydroxylation is 1. The Morgan fingerprint density at radius 3 is 2.17 bits per heavy atom. The standard InChI is InChI=1S/C17H22F2N2O2/c1-11-3-7-13(8-4-11)17(18,19)16(23)21-14-9-5-12(6-10-14)15(22)20-2/h3-4,7-8,12,14H,5-6,9-10H2,1-2H3,(H,20,22)(H,21,23). The van der Waals surface area contributed by atoms with Crippen molar-refractivity contribution in [3.8, 4) is 0 Å². The largest absolute Gasteiger partial charge is 0.359 e. The third kappa shape index (κ3) is 4.06. The van der Waals surface area contributed by atoms with Crippen LogP contribution in [0.3, 0.4) is 0 Å². The van der Waals surface area contributed by atoms with Gasteiger partial charge in [-0.25, -0.2) is 0 Å². The summed E-state index contributed by atoms with van der Waals surface area (Å²) < 4.78 is 28.4. The maximum absolute atomic E-state index is 14.2. The molecule has 1 aliphatic carbocycles. The number of halogens is 2. The second kappa shape index (κ2) is 7.06. The average molecular weight is 324 g/mol. The van der Waals surface area contributed by atoms with Crippen LogP contribution in [0.2, 0.25) is 0 Å². The summed E-state index contributed by atoms with van der Waals surface area (Å²) >= 11 is 0. The molecule has 0 bridgehead atoms. The van der Waals surface area contributed by atoms with Gasteiger partial charge in [0.2, 0.25) is 5.91 Å². The van der Waals surface area contributed by atoms with Crippen molar-refractivity contribution in [2.24, 2.45) is 5.92 Å². The Morgan fingerprint density at radius 2 is 1.65 bits per heavy atom. The smallest absolute Gasteiger partial charge is 0.349 e. The zero-order chi connectivity index (χ0) is 17.0. The van der Waals surface area contributed by atoms with Crippen LogP contribution in [0.15, 0.2) is 24.3 Å². The van der Waals surface area contributed by atoms with Crippen molar-refractivity contribution < 1.29 is 18.4 Å². The summed E-state index contributed by atoms with van der Waals surface area (Å²) in [6.07, 6.45) is 2.27. The molecule has 0 aromatic heterocycles. The summed E-state index contributed by atoms with van der Waals surface area (Å²) in [5.41, 5.74) is 0.553. The molecule has 2 rings (SSSR count). The van der Waals surface area contributed by atoms with Gasteiger partial charge in [0, 0.05) is 24.6 Å². The van der Waals surface area contributed by atoms with Crippen molar-refractivity contribution in [1.82, 2.24) is 10.6 Å². The lowest BCUT2D eigenvalue weighted by atomic mass is 9.85. The van der Waals surface area contributed by atoms with E-state index < -0.39 is 11.8 Å². The molecule has 0 aliphatic heterocycles. The molecule has 0 saturated heterocycles. The van der Waals surface area contributed by atoms with E-state index in [2.05, 4.69) is 10.6 Å². The lowest BCUT2D eigenvalue weighted by molar-refractivity contribution is -0.148. The fourth-order valence-corrected chi connectivity index (χ4v) is 2.87. The first kappa shape index (κ1) is 17.4. The van der Waals surface area contributed by atoms with Gasteiger partial charge in [-0.15, -0.1) is 0 Å². The summed E-state index contributed by atoms with van der Waals surface area (Å²) in [5, 5.41) is 5.02. The molecule has 126 valence electrons. The zero-order valence-corrected chi connectivity index (χ0v) is 13.4. The highest BCUT2D eigenvalue weighted by Crippen LogP contribution is 2.30. The van der Waals surface area contributed by atoms with Crippen LogP contribution in [0.5, 0.6) is 0 Å². The van der Waals surface area contributed by atoms with Crippen LogP contribution in [-0.4, -0.2) is 24.9 Å². The lowest BCUT2D eigenvalue weighted by Gasteiger charge is -2.29. The average Bonchev–Trinajstić information content (AvgIpc) is 2.55. The molecule has 1 aliphatic rings. The molecule has 1 saturated carbocycles. The minimum Gasteiger partial charge on any atom is -0.359 e. The third-order valence-electron chi connectivity index (χ3n) is 4.38. The topological polar surface area (TPSA) is 58.2 Å². The first-order chi connectivity index (χ1) is 10.8. The number of carbonyl (C=O) groups excluding carboxylic acids is 2. The summed E-state index contributed by atoms with van der Waals surface area (Å²) in [6.45, 7) is 1.80. The van der Waals surface area contributed by atoms with Crippen LogP contribution in [-0.2, 0) is 15.5 Å². The summed E-state index contributed by atoms with van der Waals surface area (Å²) in [5.74, 6) is -4.94. The minimum absolute atomic E-state index is 0.0280. The van der Waals surface area contributed by atoms with Crippen LogP contribution in [0, 0.1) is 12.8 Å². The van der Waals surface area contributed by atoms with Crippen LogP contribution in [0.4, 0.5) is 8.78 Å². The SMILES string of the molecule is CNC(=O)C1CCC(NC(=O)C(F)(F)c2ccc(C)cc2)CC1. The van der Waals surface area contributed by atoms with Gasteiger partial charge < -0.3 is 10.6 Å². The Labute approximate surface area is 134 Å². The molecule has 1 fully saturated rings. The van der Waals surface area contributed by atoms with Gasteiger partial charge in [-0.3, -0.25) is 9.59 Å². The number of alkyl halides is 2. The summed E-state index contributed by atoms with van der Waals surface area (Å²) in [7, 11) is 1.58. The Morgan fingerprint density at radius 1 is 1.09 bits per heavy atom. The van der Waals surface area contributed by atoms with E-state index >= 15 is 0 Å². The molecular formula is C17H22F2N2O2. The molecule has 0 radical (unpaired) electrons. The Bertz CT molecular complexity index is 564. The monoisotopic (exact) mass is 324 g/mol. The van der Waals surface area contributed by atoms with E-state index in [0.29, 0.717) is 25.7 Å². The highest BCUT2D eigenvalue weighted by atomic mass is 19.3. The fourth-order valence-electron chi connectivity index (χ4n) is 2.87. The molecular weight excluding hydrogens is 302 g/mol. The van der Waals surface area contributed by atoms with Crippen LogP contribution in [0.1, 0.15) is 36.8 Å². The van der Waals surface area contributed by atoms with Gasteiger partial charge >= 0.3 is 5.92 Å². The number of hydrogen-bond acceptors (Lipinski definition) is 2. The fraction of sp³-hybridized carbons (Fsp3) is 0.529. The summed E-state index contributed by atoms with van der Waals surface area (Å²) in [4.78, 5) is 23.5. The van der Waals surface area contributed by atoms with Crippen molar-refractivity contribution in [3.63, 3.8) is 0 Å². The molecule has 2 N–H and O–H groups in total. The predicted octanol–water partition coefficient (Wildman–Crippen LogP) is 2.51. The Hall–Kier alpha value is -1.98. The molecule has 0 heterocycles. The number of rotatable bonds is 4. The van der Waals surface area contributed by atoms with E-state index in [-0.39, 0.29) is 23.4 Å². The number of carbonyl (C=O) groups is 2. The Kier molecular flexibility index (Phi) is 5.34. The molecule has 4 nitrogen and oxygen atoms in total. The lowest BCUT2D eigenvalue weighted by Crippen LogP contribution is -2.46. The van der Waals surface area contributed by atoms with Gasteiger partial charge in [0.05, 0.1) is 0 Å². The molecule has 6 heteroatoms. The van der Waals surface area contributed by atoms with E-state index in [1.54, 1.807) is 26.1 Å². The van der Waals surface area contributed by atoms with E-state index in [9.17, 15) is 18.4 Å². The second-order valence-corrected chi connectivity index (χ2v) is 6.08. The van der Waals surface area contributed by atoms with E-state index in [4.69, 9.17) is 0 Å². The molecule has 23 heavy (non-hydrogen) atoms. The molecule has 0 unspecified atom stereocenters. The van der Waals surface area contributed by atoms with Crippen molar-refractivity contribution in [3.05, 3.63) is 35.4 Å². The van der Waals surface area contributed by atoms with Gasteiger partial charge in [0.25, 0.3) is 5.91 Å². The quantitative estimate of drug-likeness (QED) is 0.894.